The molecule has 0 bridgehead atoms. The molecule has 0 aromatic rings. The van der Waals surface area contributed by atoms with Crippen molar-refractivity contribution in [1.82, 2.24) is 4.90 Å². The molecule has 1 aliphatic rings. The minimum Gasteiger partial charge on any atom is -0.389 e. The number of nitrogens with two attached hydrogens (primary N) is 1. The van der Waals surface area contributed by atoms with E-state index in [4.69, 9.17) is 10.5 Å². The Hall–Kier alpha value is -0.160. The summed E-state index contributed by atoms with van der Waals surface area (Å²) in [4.78, 5) is 2.23. The second-order valence-corrected chi connectivity index (χ2v) is 3.51. The van der Waals surface area contributed by atoms with Gasteiger partial charge in [-0.1, -0.05) is 13.8 Å². The number of aliphatic hydroxyl groups is 1. The van der Waals surface area contributed by atoms with Gasteiger partial charge in [0, 0.05) is 6.54 Å². The molecule has 1 fully saturated rings. The summed E-state index contributed by atoms with van der Waals surface area (Å²) in [5.74, 6) is 0. The Bertz CT molecular complexity index is 151. The van der Waals surface area contributed by atoms with Gasteiger partial charge < -0.3 is 20.5 Å². The first-order valence-corrected chi connectivity index (χ1v) is 4.96. The summed E-state index contributed by atoms with van der Waals surface area (Å²) in [5, 5.41) is 9.62. The molecule has 3 N–H and O–H groups in total. The molecule has 4 heteroatoms. The van der Waals surface area contributed by atoms with Crippen LogP contribution in [0, 0.1) is 0 Å². The average molecular weight is 188 g/mol. The van der Waals surface area contributed by atoms with Crippen molar-refractivity contribution in [2.24, 2.45) is 5.73 Å². The fourth-order valence-corrected chi connectivity index (χ4v) is 1.60. The highest BCUT2D eigenvalue weighted by Crippen LogP contribution is 2.13. The van der Waals surface area contributed by atoms with Crippen LogP contribution in [0.4, 0.5) is 0 Å². The van der Waals surface area contributed by atoms with E-state index in [9.17, 15) is 5.11 Å². The number of aliphatic hydroxyl groups excluding tert-OH is 1. The fraction of sp³-hybridized carbons (Fsp3) is 1.00. The molecule has 1 heterocycles. The van der Waals surface area contributed by atoms with Crippen LogP contribution in [0.1, 0.15) is 13.8 Å². The molecule has 1 aliphatic heterocycles. The van der Waals surface area contributed by atoms with Gasteiger partial charge in [0.15, 0.2) is 0 Å². The van der Waals surface area contributed by atoms with Gasteiger partial charge in [-0.25, -0.2) is 0 Å². The maximum absolute atomic E-state index is 9.62. The predicted octanol–water partition coefficient (Wildman–Crippen LogP) is -0.585. The lowest BCUT2D eigenvalue weighted by atomic mass is 10.1. The van der Waals surface area contributed by atoms with Crippen LogP contribution in [0.2, 0.25) is 0 Å². The van der Waals surface area contributed by atoms with E-state index >= 15 is 0 Å². The fourth-order valence-electron chi connectivity index (χ4n) is 1.60. The van der Waals surface area contributed by atoms with Crippen molar-refractivity contribution in [3.63, 3.8) is 0 Å². The van der Waals surface area contributed by atoms with Crippen LogP contribution in [0.25, 0.3) is 0 Å². The normalized spacial score (nSPS) is 34.4. The number of hydrogen-bond acceptors (Lipinski definition) is 4. The van der Waals surface area contributed by atoms with Crippen LogP contribution in [-0.4, -0.2) is 54.5 Å². The highest BCUT2D eigenvalue weighted by Gasteiger charge is 2.33. The zero-order valence-corrected chi connectivity index (χ0v) is 8.44. The van der Waals surface area contributed by atoms with Gasteiger partial charge in [0.05, 0.1) is 24.9 Å². The van der Waals surface area contributed by atoms with Gasteiger partial charge >= 0.3 is 0 Å². The Balaban J connectivity index is 2.36. The Morgan fingerprint density at radius 3 is 2.46 bits per heavy atom. The molecule has 0 radical (unpaired) electrons. The van der Waals surface area contributed by atoms with E-state index in [1.807, 2.05) is 0 Å². The summed E-state index contributed by atoms with van der Waals surface area (Å²) >= 11 is 0. The van der Waals surface area contributed by atoms with Crippen molar-refractivity contribution >= 4 is 0 Å². The highest BCUT2D eigenvalue weighted by molar-refractivity contribution is 4.87. The average Bonchev–Trinajstić information content (AvgIpc) is 2.45. The third kappa shape index (κ3) is 2.64. The lowest BCUT2D eigenvalue weighted by Gasteiger charge is -2.23. The van der Waals surface area contributed by atoms with Crippen molar-refractivity contribution in [3.05, 3.63) is 0 Å². The number of likely N-dealkylation sites (N-methyl/N-ethyl adjacent to an activating group) is 1. The number of hydrogen-bond donors (Lipinski definition) is 2. The maximum Gasteiger partial charge on any atom is 0.0987 e. The highest BCUT2D eigenvalue weighted by atomic mass is 16.5. The van der Waals surface area contributed by atoms with Gasteiger partial charge in [-0.2, -0.15) is 0 Å². The summed E-state index contributed by atoms with van der Waals surface area (Å²) in [6.07, 6.45) is -0.601. The Kier molecular flexibility index (Phi) is 4.12. The van der Waals surface area contributed by atoms with Crippen molar-refractivity contribution in [1.29, 1.82) is 0 Å². The smallest absolute Gasteiger partial charge is 0.0987 e. The van der Waals surface area contributed by atoms with Crippen LogP contribution in [-0.2, 0) is 4.74 Å². The van der Waals surface area contributed by atoms with Crippen LogP contribution >= 0.6 is 0 Å². The molecule has 3 atom stereocenters. The van der Waals surface area contributed by atoms with Gasteiger partial charge in [-0.3, -0.25) is 0 Å². The standard InChI is InChI=1S/C9H20N2O2/c1-3-11(4-2)5-8-9(12)7(10)6-13-8/h7-9,12H,3-6,10H2,1-2H3. The third-order valence-corrected chi connectivity index (χ3v) is 2.65. The summed E-state index contributed by atoms with van der Waals surface area (Å²) in [5.41, 5.74) is 5.63. The largest absolute Gasteiger partial charge is 0.389 e. The molecule has 0 saturated carbocycles. The summed E-state index contributed by atoms with van der Waals surface area (Å²) in [7, 11) is 0. The van der Waals surface area contributed by atoms with Gasteiger partial charge in [-0.05, 0) is 13.1 Å². The molecule has 0 spiro atoms. The molecule has 0 amide bonds. The zero-order chi connectivity index (χ0) is 9.84. The van der Waals surface area contributed by atoms with Crippen molar-refractivity contribution in [2.75, 3.05) is 26.2 Å². The molecular formula is C9H20N2O2. The number of ether oxygens (including phenoxy) is 1. The van der Waals surface area contributed by atoms with Crippen LogP contribution in [0.15, 0.2) is 0 Å². The first-order valence-electron chi connectivity index (χ1n) is 4.96. The molecule has 1 rings (SSSR count). The van der Waals surface area contributed by atoms with Crippen molar-refractivity contribution < 1.29 is 9.84 Å². The van der Waals surface area contributed by atoms with Gasteiger partial charge in [-0.15, -0.1) is 0 Å². The SMILES string of the molecule is CCN(CC)CC1OCC(N)C1O. The van der Waals surface area contributed by atoms with E-state index in [-0.39, 0.29) is 12.1 Å². The second-order valence-electron chi connectivity index (χ2n) is 3.51. The van der Waals surface area contributed by atoms with Gasteiger partial charge in [0.1, 0.15) is 0 Å². The molecule has 1 saturated heterocycles. The van der Waals surface area contributed by atoms with Crippen molar-refractivity contribution in [2.45, 2.75) is 32.1 Å². The van der Waals surface area contributed by atoms with E-state index < -0.39 is 6.10 Å². The van der Waals surface area contributed by atoms with Crippen LogP contribution in [0.5, 0.6) is 0 Å². The van der Waals surface area contributed by atoms with Crippen LogP contribution in [0.3, 0.4) is 0 Å². The van der Waals surface area contributed by atoms with E-state index in [0.29, 0.717) is 6.61 Å². The lowest BCUT2D eigenvalue weighted by Crippen LogP contribution is -2.42. The summed E-state index contributed by atoms with van der Waals surface area (Å²) < 4.78 is 5.39. The quantitative estimate of drug-likeness (QED) is 0.619. The predicted molar refractivity (Wildman–Crippen MR) is 51.5 cm³/mol. The Morgan fingerprint density at radius 2 is 2.08 bits per heavy atom. The maximum atomic E-state index is 9.62. The van der Waals surface area contributed by atoms with E-state index in [1.165, 1.54) is 0 Å². The molecule has 13 heavy (non-hydrogen) atoms. The second kappa shape index (κ2) is 4.91. The zero-order valence-electron chi connectivity index (χ0n) is 8.44. The molecular weight excluding hydrogens is 168 g/mol. The molecule has 4 nitrogen and oxygen atoms in total. The molecule has 0 aliphatic carbocycles. The van der Waals surface area contributed by atoms with E-state index in [0.717, 1.165) is 19.6 Å². The van der Waals surface area contributed by atoms with Gasteiger partial charge in [0.25, 0.3) is 0 Å². The Morgan fingerprint density at radius 1 is 1.46 bits per heavy atom. The topological polar surface area (TPSA) is 58.7 Å². The minimum atomic E-state index is -0.499. The number of nitrogens with zero attached hydrogens (tertiary/aromatic N) is 1. The van der Waals surface area contributed by atoms with Gasteiger partial charge in [0.2, 0.25) is 0 Å². The van der Waals surface area contributed by atoms with E-state index in [1.54, 1.807) is 0 Å². The van der Waals surface area contributed by atoms with Crippen molar-refractivity contribution in [3.8, 4) is 0 Å². The number of rotatable bonds is 4. The summed E-state index contributed by atoms with van der Waals surface area (Å²) in [6.45, 7) is 7.43. The first kappa shape index (κ1) is 10.9. The monoisotopic (exact) mass is 188 g/mol. The Labute approximate surface area is 79.7 Å². The minimum absolute atomic E-state index is 0.102. The van der Waals surface area contributed by atoms with Crippen LogP contribution < -0.4 is 5.73 Å². The third-order valence-electron chi connectivity index (χ3n) is 2.65. The summed E-state index contributed by atoms with van der Waals surface area (Å²) in [6, 6.07) is -0.208. The van der Waals surface area contributed by atoms with E-state index in [2.05, 4.69) is 18.7 Å². The molecule has 0 aromatic heterocycles. The first-order chi connectivity index (χ1) is 6.19. The lowest BCUT2D eigenvalue weighted by molar-refractivity contribution is 0.0178. The molecule has 78 valence electrons. The molecule has 0 aromatic carbocycles. The molecule has 3 unspecified atom stereocenters.